The first kappa shape index (κ1) is 12.6. The van der Waals surface area contributed by atoms with Crippen molar-refractivity contribution in [1.82, 2.24) is 4.98 Å². The van der Waals surface area contributed by atoms with Crippen molar-refractivity contribution < 1.29 is 0 Å². The second kappa shape index (κ2) is 4.37. The predicted octanol–water partition coefficient (Wildman–Crippen LogP) is 6.84. The highest BCUT2D eigenvalue weighted by Gasteiger charge is 2.11. The maximum absolute atomic E-state index is 3.57. The normalized spacial score (nSPS) is 12.2. The number of nitrogens with one attached hydrogen (secondary N) is 1. The Morgan fingerprint density at radius 2 is 1.42 bits per heavy atom. The van der Waals surface area contributed by atoms with E-state index in [4.69, 9.17) is 0 Å². The first-order chi connectivity index (χ1) is 11.9. The number of benzene rings is 4. The molecule has 0 atom stereocenters. The molecule has 6 aromatic rings. The molecule has 0 spiro atoms. The van der Waals surface area contributed by atoms with Crippen LogP contribution in [0.4, 0.5) is 0 Å². The van der Waals surface area contributed by atoms with Crippen LogP contribution in [0, 0.1) is 0 Å². The topological polar surface area (TPSA) is 15.8 Å². The minimum atomic E-state index is 1.20. The van der Waals surface area contributed by atoms with E-state index in [0.29, 0.717) is 0 Å². The summed E-state index contributed by atoms with van der Waals surface area (Å²) in [6.45, 7) is 0. The van der Waals surface area contributed by atoms with Crippen molar-refractivity contribution >= 4 is 64.1 Å². The maximum atomic E-state index is 3.57. The summed E-state index contributed by atoms with van der Waals surface area (Å²) in [4.78, 5) is 3.57. The number of H-pyrrole nitrogens is 1. The Morgan fingerprint density at radius 3 is 2.38 bits per heavy atom. The van der Waals surface area contributed by atoms with Crippen molar-refractivity contribution in [3.05, 3.63) is 72.8 Å². The number of hydrogen-bond donors (Lipinski definition) is 1. The zero-order valence-electron chi connectivity index (χ0n) is 12.8. The minimum Gasteiger partial charge on any atom is -0.354 e. The van der Waals surface area contributed by atoms with E-state index in [9.17, 15) is 0 Å². The van der Waals surface area contributed by atoms with E-state index >= 15 is 0 Å². The Balaban J connectivity index is 1.85. The molecule has 0 aliphatic carbocycles. The van der Waals surface area contributed by atoms with Gasteiger partial charge in [-0.05, 0) is 29.7 Å². The van der Waals surface area contributed by atoms with Gasteiger partial charge in [-0.1, -0.05) is 48.5 Å². The van der Waals surface area contributed by atoms with Crippen molar-refractivity contribution in [3.63, 3.8) is 0 Å². The van der Waals surface area contributed by atoms with Crippen molar-refractivity contribution in [2.24, 2.45) is 0 Å². The molecular formula is C22H13NS. The van der Waals surface area contributed by atoms with Crippen molar-refractivity contribution in [2.75, 3.05) is 0 Å². The Kier molecular flexibility index (Phi) is 2.29. The molecule has 4 aromatic carbocycles. The van der Waals surface area contributed by atoms with Gasteiger partial charge in [0.25, 0.3) is 0 Å². The number of hydrogen-bond acceptors (Lipinski definition) is 1. The summed E-state index contributed by atoms with van der Waals surface area (Å²) in [6.07, 6.45) is 0. The van der Waals surface area contributed by atoms with Gasteiger partial charge in [0.2, 0.25) is 0 Å². The monoisotopic (exact) mass is 323 g/mol. The number of fused-ring (bicyclic) bond motifs is 8. The van der Waals surface area contributed by atoms with E-state index in [2.05, 4.69) is 77.8 Å². The number of thiophene rings is 1. The summed E-state index contributed by atoms with van der Waals surface area (Å²) in [5, 5.41) is 7.97. The van der Waals surface area contributed by atoms with Crippen LogP contribution in [0.15, 0.2) is 72.8 Å². The molecule has 0 aliphatic heterocycles. The molecule has 2 heteroatoms. The quantitative estimate of drug-likeness (QED) is 0.315. The Morgan fingerprint density at radius 1 is 0.583 bits per heavy atom. The molecule has 2 aromatic heterocycles. The molecule has 1 nitrogen and oxygen atoms in total. The van der Waals surface area contributed by atoms with Crippen LogP contribution in [0.1, 0.15) is 0 Å². The summed E-state index contributed by atoms with van der Waals surface area (Å²) in [5.41, 5.74) is 2.42. The van der Waals surface area contributed by atoms with Gasteiger partial charge in [0.05, 0.1) is 0 Å². The predicted molar refractivity (Wildman–Crippen MR) is 106 cm³/mol. The van der Waals surface area contributed by atoms with Gasteiger partial charge < -0.3 is 4.98 Å². The molecule has 24 heavy (non-hydrogen) atoms. The molecule has 0 saturated heterocycles. The second-order valence-electron chi connectivity index (χ2n) is 6.33. The Hall–Kier alpha value is -2.84. The standard InChI is InChI=1S/C22H13NS/c1-3-7-19-14(5-1)18-11-13-9-10-16-15-6-2-4-8-21(15)24-22(16)17(13)12-20(18)23-19/h1-12,23H. The van der Waals surface area contributed by atoms with Gasteiger partial charge in [0.15, 0.2) is 0 Å². The summed E-state index contributed by atoms with van der Waals surface area (Å²) in [6, 6.07) is 26.4. The summed E-state index contributed by atoms with van der Waals surface area (Å²) in [7, 11) is 0. The molecule has 2 heterocycles. The Labute approximate surface area is 142 Å². The number of para-hydroxylation sites is 1. The van der Waals surface area contributed by atoms with Crippen molar-refractivity contribution in [1.29, 1.82) is 0 Å². The fourth-order valence-electron chi connectivity index (χ4n) is 3.85. The second-order valence-corrected chi connectivity index (χ2v) is 7.38. The lowest BCUT2D eigenvalue weighted by atomic mass is 10.0. The largest absolute Gasteiger partial charge is 0.354 e. The average Bonchev–Trinajstić information content (AvgIpc) is 3.18. The molecule has 6 rings (SSSR count). The van der Waals surface area contributed by atoms with Crippen LogP contribution in [-0.2, 0) is 0 Å². The molecule has 112 valence electrons. The molecular weight excluding hydrogens is 310 g/mol. The van der Waals surface area contributed by atoms with Gasteiger partial charge in [-0.15, -0.1) is 11.3 Å². The Bertz CT molecular complexity index is 1390. The molecule has 1 N–H and O–H groups in total. The third-order valence-corrected chi connectivity index (χ3v) is 6.20. The van der Waals surface area contributed by atoms with Crippen LogP contribution in [0.25, 0.3) is 52.8 Å². The van der Waals surface area contributed by atoms with Gasteiger partial charge in [-0.2, -0.15) is 0 Å². The molecule has 0 fully saturated rings. The van der Waals surface area contributed by atoms with Crippen LogP contribution >= 0.6 is 11.3 Å². The lowest BCUT2D eigenvalue weighted by Gasteiger charge is -2.01. The van der Waals surface area contributed by atoms with Gasteiger partial charge >= 0.3 is 0 Å². The third-order valence-electron chi connectivity index (χ3n) is 4.98. The minimum absolute atomic E-state index is 1.20. The highest BCUT2D eigenvalue weighted by Crippen LogP contribution is 2.40. The van der Waals surface area contributed by atoms with Crippen LogP contribution in [0.5, 0.6) is 0 Å². The third kappa shape index (κ3) is 1.53. The lowest BCUT2D eigenvalue weighted by molar-refractivity contribution is 1.56. The zero-order valence-corrected chi connectivity index (χ0v) is 13.7. The van der Waals surface area contributed by atoms with Crippen LogP contribution in [-0.4, -0.2) is 4.98 Å². The SMILES string of the molecule is c1ccc2c(c1)[nH]c1cc3c(ccc4c5ccccc5sc34)cc12. The molecule has 0 amide bonds. The molecule has 0 saturated carbocycles. The summed E-state index contributed by atoms with van der Waals surface area (Å²) in [5.74, 6) is 0. The lowest BCUT2D eigenvalue weighted by Crippen LogP contribution is -1.75. The summed E-state index contributed by atoms with van der Waals surface area (Å²) >= 11 is 1.89. The summed E-state index contributed by atoms with van der Waals surface area (Å²) < 4.78 is 2.74. The van der Waals surface area contributed by atoms with E-state index in [1.165, 1.54) is 52.8 Å². The first-order valence-electron chi connectivity index (χ1n) is 8.13. The fourth-order valence-corrected chi connectivity index (χ4v) is 5.08. The fraction of sp³-hybridized carbons (Fsp3) is 0. The van der Waals surface area contributed by atoms with Crippen molar-refractivity contribution in [2.45, 2.75) is 0 Å². The first-order valence-corrected chi connectivity index (χ1v) is 8.94. The van der Waals surface area contributed by atoms with Crippen LogP contribution in [0.3, 0.4) is 0 Å². The highest BCUT2D eigenvalue weighted by molar-refractivity contribution is 7.26. The van der Waals surface area contributed by atoms with Gasteiger partial charge in [0.1, 0.15) is 0 Å². The highest BCUT2D eigenvalue weighted by atomic mass is 32.1. The van der Waals surface area contributed by atoms with Crippen LogP contribution in [0.2, 0.25) is 0 Å². The van der Waals surface area contributed by atoms with Crippen LogP contribution < -0.4 is 0 Å². The maximum Gasteiger partial charge on any atom is 0.0471 e. The number of aromatic nitrogens is 1. The average molecular weight is 323 g/mol. The van der Waals surface area contributed by atoms with Crippen molar-refractivity contribution in [3.8, 4) is 0 Å². The van der Waals surface area contributed by atoms with E-state index in [0.717, 1.165) is 0 Å². The number of rotatable bonds is 0. The number of aromatic amines is 1. The molecule has 0 unspecified atom stereocenters. The van der Waals surface area contributed by atoms with Gasteiger partial charge in [-0.25, -0.2) is 0 Å². The van der Waals surface area contributed by atoms with E-state index in [1.807, 2.05) is 11.3 Å². The van der Waals surface area contributed by atoms with E-state index < -0.39 is 0 Å². The molecule has 0 radical (unpaired) electrons. The van der Waals surface area contributed by atoms with Gasteiger partial charge in [-0.3, -0.25) is 0 Å². The van der Waals surface area contributed by atoms with E-state index in [1.54, 1.807) is 0 Å². The zero-order chi connectivity index (χ0) is 15.7. The molecule has 0 bridgehead atoms. The van der Waals surface area contributed by atoms with Gasteiger partial charge in [0, 0.05) is 47.4 Å². The molecule has 0 aliphatic rings. The smallest absolute Gasteiger partial charge is 0.0471 e. The van der Waals surface area contributed by atoms with E-state index in [-0.39, 0.29) is 0 Å².